The molecule has 0 aliphatic carbocycles. The van der Waals surface area contributed by atoms with Crippen molar-refractivity contribution in [3.63, 3.8) is 0 Å². The highest BCUT2D eigenvalue weighted by Crippen LogP contribution is 2.19. The van der Waals surface area contributed by atoms with Gasteiger partial charge in [-0.05, 0) is 101 Å². The van der Waals surface area contributed by atoms with E-state index in [9.17, 15) is 24.0 Å². The molecule has 4 heterocycles. The number of hydrogen-bond acceptors (Lipinski definition) is 7. The van der Waals surface area contributed by atoms with E-state index in [0.29, 0.717) is 58.1 Å². The summed E-state index contributed by atoms with van der Waals surface area (Å²) in [7, 11) is 3.52. The van der Waals surface area contributed by atoms with E-state index in [1.54, 1.807) is 96.3 Å². The van der Waals surface area contributed by atoms with Crippen LogP contribution in [0.4, 0.5) is 11.4 Å². The highest BCUT2D eigenvalue weighted by atomic mass is 16.2. The fraction of sp³-hybridized carbons (Fsp3) is 0.405. The number of nitrogens with one attached hydrogen (secondary N) is 4. The maximum atomic E-state index is 13.3. The molecular weight excluding hydrogens is 697 g/mol. The third-order valence-corrected chi connectivity index (χ3v) is 10.4. The van der Waals surface area contributed by atoms with Crippen LogP contribution in [-0.2, 0) is 14.1 Å². The zero-order valence-electron chi connectivity index (χ0n) is 31.9. The predicted octanol–water partition coefficient (Wildman–Crippen LogP) is 4.92. The van der Waals surface area contributed by atoms with Gasteiger partial charge < -0.3 is 40.2 Å². The Labute approximate surface area is 322 Å². The van der Waals surface area contributed by atoms with Gasteiger partial charge in [-0.2, -0.15) is 0 Å². The Kier molecular flexibility index (Phi) is 13.3. The van der Waals surface area contributed by atoms with E-state index in [0.717, 1.165) is 45.7 Å². The molecule has 0 bridgehead atoms. The lowest BCUT2D eigenvalue weighted by Gasteiger charge is -2.19. The molecule has 13 nitrogen and oxygen atoms in total. The summed E-state index contributed by atoms with van der Waals surface area (Å²) < 4.78 is 3.36. The van der Waals surface area contributed by atoms with Crippen molar-refractivity contribution in [2.75, 3.05) is 63.0 Å². The number of aromatic nitrogens is 2. The van der Waals surface area contributed by atoms with Gasteiger partial charge >= 0.3 is 0 Å². The summed E-state index contributed by atoms with van der Waals surface area (Å²) in [6.45, 7) is 7.34. The third-order valence-electron chi connectivity index (χ3n) is 10.4. The van der Waals surface area contributed by atoms with E-state index in [-0.39, 0.29) is 29.4 Å². The lowest BCUT2D eigenvalue weighted by Crippen LogP contribution is -2.36. The first-order valence-electron chi connectivity index (χ1n) is 19.4. The Morgan fingerprint density at radius 1 is 0.509 bits per heavy atom. The summed E-state index contributed by atoms with van der Waals surface area (Å²) in [4.78, 5) is 69.7. The minimum atomic E-state index is -0.369. The van der Waals surface area contributed by atoms with Crippen LogP contribution in [0.1, 0.15) is 103 Å². The molecule has 55 heavy (non-hydrogen) atoms. The molecule has 290 valence electrons. The SMILES string of the molecule is Cn1cc(NC(=O)c2ccc(C(=O)c3ccc(C(=O)Nc4cc(C(=O)NCCN5CCCCCC5)n(C)c4)cc3)cc2)cc1C(=O)NCCCN1CCCC1. The third kappa shape index (κ3) is 10.6. The first-order valence-corrected chi connectivity index (χ1v) is 19.4. The van der Waals surface area contributed by atoms with E-state index in [1.807, 2.05) is 0 Å². The lowest BCUT2D eigenvalue weighted by molar-refractivity contribution is 0.0933. The number of rotatable bonds is 15. The van der Waals surface area contributed by atoms with Crippen LogP contribution in [-0.4, -0.2) is 101 Å². The smallest absolute Gasteiger partial charge is 0.268 e. The molecule has 4 N–H and O–H groups in total. The number of ketones is 1. The van der Waals surface area contributed by atoms with E-state index < -0.39 is 0 Å². The van der Waals surface area contributed by atoms with Crippen molar-refractivity contribution < 1.29 is 24.0 Å². The van der Waals surface area contributed by atoms with Gasteiger partial charge in [-0.15, -0.1) is 0 Å². The minimum absolute atomic E-state index is 0.194. The minimum Gasteiger partial charge on any atom is -0.351 e. The van der Waals surface area contributed by atoms with Crippen LogP contribution >= 0.6 is 0 Å². The Hall–Kier alpha value is -5.53. The van der Waals surface area contributed by atoms with Crippen molar-refractivity contribution in [1.29, 1.82) is 0 Å². The predicted molar refractivity (Wildman–Crippen MR) is 213 cm³/mol. The van der Waals surface area contributed by atoms with Gasteiger partial charge in [-0.3, -0.25) is 24.0 Å². The summed E-state index contributed by atoms with van der Waals surface area (Å²) >= 11 is 0. The van der Waals surface area contributed by atoms with Gasteiger partial charge in [0.2, 0.25) is 0 Å². The molecule has 4 amide bonds. The largest absolute Gasteiger partial charge is 0.351 e. The standard InChI is InChI=1S/C42H52N8O5/c1-47-28-34(26-36(47)41(54)43-18-9-24-49-22-7-8-23-49)45-39(52)32-14-10-30(11-15-32)38(51)31-12-16-33(17-13-31)40(53)46-35-27-37(48(2)29-35)42(55)44-19-25-50-20-5-3-4-6-21-50/h10-17,26-29H,3-9,18-25H2,1-2H3,(H,43,54)(H,44,55)(H,45,52)(H,46,53). The Morgan fingerprint density at radius 2 is 0.909 bits per heavy atom. The molecule has 2 aliphatic rings. The van der Waals surface area contributed by atoms with Crippen LogP contribution in [0.2, 0.25) is 0 Å². The molecule has 0 saturated carbocycles. The second-order valence-electron chi connectivity index (χ2n) is 14.5. The maximum Gasteiger partial charge on any atom is 0.268 e. The molecule has 0 atom stereocenters. The second kappa shape index (κ2) is 18.7. The molecule has 0 radical (unpaired) electrons. The van der Waals surface area contributed by atoms with Crippen LogP contribution in [0.5, 0.6) is 0 Å². The fourth-order valence-corrected chi connectivity index (χ4v) is 7.22. The highest BCUT2D eigenvalue weighted by molar-refractivity contribution is 6.11. The Bertz CT molecular complexity index is 1970. The normalized spacial score (nSPS) is 14.9. The average Bonchev–Trinajstić information content (AvgIpc) is 3.88. The van der Waals surface area contributed by atoms with Crippen molar-refractivity contribution in [2.45, 2.75) is 44.9 Å². The molecule has 13 heteroatoms. The molecule has 2 aliphatic heterocycles. The Morgan fingerprint density at radius 3 is 1.38 bits per heavy atom. The molecule has 2 aromatic heterocycles. The van der Waals surface area contributed by atoms with Crippen LogP contribution in [0.15, 0.2) is 73.1 Å². The average molecular weight is 749 g/mol. The molecule has 0 spiro atoms. The first-order chi connectivity index (χ1) is 26.6. The van der Waals surface area contributed by atoms with Gasteiger partial charge in [0.05, 0.1) is 11.4 Å². The van der Waals surface area contributed by atoms with Gasteiger partial charge in [-0.1, -0.05) is 37.1 Å². The highest BCUT2D eigenvalue weighted by Gasteiger charge is 2.18. The number of hydrogen-bond donors (Lipinski definition) is 4. The number of carbonyl (C=O) groups excluding carboxylic acids is 5. The van der Waals surface area contributed by atoms with Crippen molar-refractivity contribution in [3.8, 4) is 0 Å². The van der Waals surface area contributed by atoms with E-state index in [2.05, 4.69) is 31.1 Å². The maximum absolute atomic E-state index is 13.3. The topological polar surface area (TPSA) is 150 Å². The van der Waals surface area contributed by atoms with Crippen LogP contribution in [0.3, 0.4) is 0 Å². The van der Waals surface area contributed by atoms with Crippen LogP contribution < -0.4 is 21.3 Å². The zero-order chi connectivity index (χ0) is 38.7. The van der Waals surface area contributed by atoms with Gasteiger partial charge in [0.1, 0.15) is 11.4 Å². The molecule has 4 aromatic rings. The molecule has 0 unspecified atom stereocenters. The van der Waals surface area contributed by atoms with Crippen molar-refractivity contribution in [3.05, 3.63) is 107 Å². The van der Waals surface area contributed by atoms with Crippen LogP contribution in [0, 0.1) is 0 Å². The van der Waals surface area contributed by atoms with Crippen molar-refractivity contribution in [2.24, 2.45) is 14.1 Å². The Balaban J connectivity index is 0.965. The summed E-state index contributed by atoms with van der Waals surface area (Å²) in [6, 6.07) is 15.9. The van der Waals surface area contributed by atoms with E-state index in [1.165, 1.54) is 38.5 Å². The molecular formula is C42H52N8O5. The first kappa shape index (κ1) is 39.2. The quantitative estimate of drug-likeness (QED) is 0.0997. The summed E-state index contributed by atoms with van der Waals surface area (Å²) in [6.07, 6.45) is 11.7. The molecule has 2 aromatic carbocycles. The fourth-order valence-electron chi connectivity index (χ4n) is 7.22. The molecule has 2 saturated heterocycles. The molecule has 6 rings (SSSR count). The summed E-state index contributed by atoms with van der Waals surface area (Å²) in [5, 5.41) is 11.6. The number of anilines is 2. The summed E-state index contributed by atoms with van der Waals surface area (Å²) in [5.74, 6) is -1.38. The monoisotopic (exact) mass is 748 g/mol. The second-order valence-corrected chi connectivity index (χ2v) is 14.5. The van der Waals surface area contributed by atoms with Gasteiger partial charge in [-0.25, -0.2) is 0 Å². The van der Waals surface area contributed by atoms with E-state index >= 15 is 0 Å². The van der Waals surface area contributed by atoms with Crippen molar-refractivity contribution in [1.82, 2.24) is 29.6 Å². The molecule has 2 fully saturated rings. The van der Waals surface area contributed by atoms with Gasteiger partial charge in [0.25, 0.3) is 23.6 Å². The summed E-state index contributed by atoms with van der Waals surface area (Å²) in [5.41, 5.74) is 3.37. The van der Waals surface area contributed by atoms with Crippen LogP contribution in [0.25, 0.3) is 0 Å². The number of benzene rings is 2. The van der Waals surface area contributed by atoms with Crippen molar-refractivity contribution >= 4 is 40.8 Å². The number of aryl methyl sites for hydroxylation is 2. The number of nitrogens with zero attached hydrogens (tertiary/aromatic N) is 4. The number of likely N-dealkylation sites (tertiary alicyclic amines) is 2. The zero-order valence-corrected chi connectivity index (χ0v) is 31.9. The van der Waals surface area contributed by atoms with Gasteiger partial charge in [0.15, 0.2) is 5.78 Å². The number of carbonyl (C=O) groups is 5. The lowest BCUT2D eigenvalue weighted by atomic mass is 10.0. The van der Waals surface area contributed by atoms with Gasteiger partial charge in [0, 0.05) is 68.4 Å². The number of amides is 4. The van der Waals surface area contributed by atoms with E-state index in [4.69, 9.17) is 0 Å².